The maximum absolute atomic E-state index is 11.5. The van der Waals surface area contributed by atoms with Gasteiger partial charge in [-0.15, -0.1) is 0 Å². The SMILES string of the molecule is CCCCCCCCCCCCC(=S=O)C(CCCCCCCCCC)=S=O. The quantitative estimate of drug-likeness (QED) is 0.139. The third-order valence-electron chi connectivity index (χ3n) is 5.53. The van der Waals surface area contributed by atoms with Crippen molar-refractivity contribution < 1.29 is 8.42 Å². The highest BCUT2D eigenvalue weighted by atomic mass is 32.1. The summed E-state index contributed by atoms with van der Waals surface area (Å²) in [6.45, 7) is 4.50. The Hall–Kier alpha value is -0.220. The molecule has 4 heteroatoms. The van der Waals surface area contributed by atoms with Crippen LogP contribution in [0.15, 0.2) is 0 Å². The van der Waals surface area contributed by atoms with E-state index < -0.39 is 0 Å². The second kappa shape index (κ2) is 23.1. The van der Waals surface area contributed by atoms with Crippen molar-refractivity contribution in [2.75, 3.05) is 0 Å². The predicted octanol–water partition coefficient (Wildman–Crippen LogP) is 7.60. The average Bonchev–Trinajstić information content (AvgIpc) is 2.72. The van der Waals surface area contributed by atoms with Crippen LogP contribution in [0.25, 0.3) is 0 Å². The molecule has 0 atom stereocenters. The van der Waals surface area contributed by atoms with Gasteiger partial charge in [0.2, 0.25) is 0 Å². The molecule has 0 heterocycles. The first-order chi connectivity index (χ1) is 13.8. The molecule has 166 valence electrons. The first-order valence-corrected chi connectivity index (χ1v) is 13.6. The van der Waals surface area contributed by atoms with Crippen LogP contribution in [-0.4, -0.2) is 18.1 Å². The van der Waals surface area contributed by atoms with Gasteiger partial charge in [0.15, 0.2) is 0 Å². The molecule has 0 aromatic rings. The van der Waals surface area contributed by atoms with Crippen LogP contribution in [0.4, 0.5) is 0 Å². The maximum Gasteiger partial charge on any atom is 0.0933 e. The molecule has 0 N–H and O–H groups in total. The molecule has 0 aliphatic heterocycles. The first kappa shape index (κ1) is 27.8. The van der Waals surface area contributed by atoms with Gasteiger partial charge < -0.3 is 0 Å². The van der Waals surface area contributed by atoms with Crippen molar-refractivity contribution in [3.05, 3.63) is 0 Å². The summed E-state index contributed by atoms with van der Waals surface area (Å²) in [6.07, 6.45) is 24.8. The van der Waals surface area contributed by atoms with Crippen LogP contribution in [0.5, 0.6) is 0 Å². The summed E-state index contributed by atoms with van der Waals surface area (Å²) in [5.74, 6) is 0. The van der Waals surface area contributed by atoms with Crippen LogP contribution < -0.4 is 0 Å². The number of unbranched alkanes of at least 4 members (excludes halogenated alkanes) is 16. The average molecular weight is 431 g/mol. The van der Waals surface area contributed by atoms with Gasteiger partial charge in [0.25, 0.3) is 0 Å². The summed E-state index contributed by atoms with van der Waals surface area (Å²) in [5, 5.41) is 0. The van der Waals surface area contributed by atoms with Crippen LogP contribution in [0.3, 0.4) is 0 Å². The number of hydrogen-bond acceptors (Lipinski definition) is 2. The third kappa shape index (κ3) is 17.8. The Labute approximate surface area is 182 Å². The van der Waals surface area contributed by atoms with Gasteiger partial charge in [-0.25, -0.2) is 8.42 Å². The van der Waals surface area contributed by atoms with E-state index in [1.165, 1.54) is 103 Å². The molecular weight excluding hydrogens is 384 g/mol. The maximum atomic E-state index is 11.5. The molecule has 0 spiro atoms. The Balaban J connectivity index is 3.74. The molecule has 0 fully saturated rings. The second-order valence-electron chi connectivity index (χ2n) is 8.17. The van der Waals surface area contributed by atoms with Gasteiger partial charge in [-0.3, -0.25) is 0 Å². The molecule has 0 unspecified atom stereocenters. The van der Waals surface area contributed by atoms with Gasteiger partial charge in [-0.2, -0.15) is 0 Å². The van der Waals surface area contributed by atoms with Crippen LogP contribution >= 0.6 is 0 Å². The Morgan fingerprint density at radius 2 is 0.679 bits per heavy atom. The molecule has 0 aromatic carbocycles. The van der Waals surface area contributed by atoms with Crippen LogP contribution in [0.1, 0.15) is 142 Å². The Morgan fingerprint density at radius 1 is 0.429 bits per heavy atom. The van der Waals surface area contributed by atoms with Crippen LogP contribution in [0, 0.1) is 0 Å². The van der Waals surface area contributed by atoms with Gasteiger partial charge in [0, 0.05) is 0 Å². The fourth-order valence-corrected chi connectivity index (χ4v) is 4.70. The van der Waals surface area contributed by atoms with E-state index in [-0.39, 0.29) is 0 Å². The highest BCUT2D eigenvalue weighted by molar-refractivity contribution is 7.76. The number of hydrogen-bond donors (Lipinski definition) is 0. The lowest BCUT2D eigenvalue weighted by Gasteiger charge is -2.06. The smallest absolute Gasteiger partial charge is 0.0933 e. The largest absolute Gasteiger partial charge is 0.212 e. The fourth-order valence-electron chi connectivity index (χ4n) is 3.65. The van der Waals surface area contributed by atoms with Gasteiger partial charge >= 0.3 is 0 Å². The summed E-state index contributed by atoms with van der Waals surface area (Å²) >= 11 is 1.14. The van der Waals surface area contributed by atoms with Crippen molar-refractivity contribution in [2.45, 2.75) is 142 Å². The predicted molar refractivity (Wildman–Crippen MR) is 130 cm³/mol. The molecule has 0 rings (SSSR count). The zero-order valence-electron chi connectivity index (χ0n) is 18.8. The molecule has 0 aliphatic rings. The van der Waals surface area contributed by atoms with Gasteiger partial charge in [0.05, 0.1) is 32.2 Å². The first-order valence-electron chi connectivity index (χ1n) is 12.1. The van der Waals surface area contributed by atoms with E-state index in [2.05, 4.69) is 13.8 Å². The normalized spacial score (nSPS) is 10.8. The standard InChI is InChI=1S/C24H46O2S2/c1-3-5-7-9-11-13-14-16-18-20-22-24(28-26)23(27-25)21-19-17-15-12-10-8-6-4-2/h3-22H2,1-2H3. The lowest BCUT2D eigenvalue weighted by Crippen LogP contribution is -2.14. The van der Waals surface area contributed by atoms with Crippen molar-refractivity contribution in [1.29, 1.82) is 0 Å². The van der Waals surface area contributed by atoms with Gasteiger partial charge in [-0.1, -0.05) is 117 Å². The molecule has 28 heavy (non-hydrogen) atoms. The molecule has 0 saturated carbocycles. The molecule has 0 aliphatic carbocycles. The summed E-state index contributed by atoms with van der Waals surface area (Å²) in [6, 6.07) is 0. The molecule has 0 radical (unpaired) electrons. The van der Waals surface area contributed by atoms with Crippen molar-refractivity contribution in [3.63, 3.8) is 0 Å². The van der Waals surface area contributed by atoms with E-state index in [1.807, 2.05) is 0 Å². The van der Waals surface area contributed by atoms with Crippen molar-refractivity contribution in [2.24, 2.45) is 0 Å². The van der Waals surface area contributed by atoms with E-state index in [4.69, 9.17) is 0 Å². The summed E-state index contributed by atoms with van der Waals surface area (Å²) in [7, 11) is 0. The van der Waals surface area contributed by atoms with Gasteiger partial charge in [0.1, 0.15) is 0 Å². The minimum absolute atomic E-state index is 0.568. The van der Waals surface area contributed by atoms with E-state index in [9.17, 15) is 8.42 Å². The van der Waals surface area contributed by atoms with Crippen molar-refractivity contribution >= 4 is 32.2 Å². The molecule has 0 aromatic heterocycles. The molecule has 2 nitrogen and oxygen atoms in total. The minimum atomic E-state index is 0.568. The Bertz CT molecular complexity index is 450. The van der Waals surface area contributed by atoms with E-state index in [1.54, 1.807) is 0 Å². The molecule has 0 saturated heterocycles. The van der Waals surface area contributed by atoms with Crippen molar-refractivity contribution in [1.82, 2.24) is 0 Å². The van der Waals surface area contributed by atoms with E-state index in [0.717, 1.165) is 35.4 Å². The second-order valence-corrected chi connectivity index (χ2v) is 9.49. The number of rotatable bonds is 21. The van der Waals surface area contributed by atoms with E-state index in [0.29, 0.717) is 22.5 Å². The molecule has 0 bridgehead atoms. The lowest BCUT2D eigenvalue weighted by atomic mass is 10.0. The highest BCUT2D eigenvalue weighted by Crippen LogP contribution is 2.13. The lowest BCUT2D eigenvalue weighted by molar-refractivity contribution is 0.559. The zero-order valence-corrected chi connectivity index (χ0v) is 20.4. The summed E-state index contributed by atoms with van der Waals surface area (Å²) in [5.41, 5.74) is 0. The zero-order chi connectivity index (χ0) is 20.7. The van der Waals surface area contributed by atoms with E-state index >= 15 is 0 Å². The Morgan fingerprint density at radius 3 is 0.929 bits per heavy atom. The monoisotopic (exact) mass is 430 g/mol. The van der Waals surface area contributed by atoms with Crippen LogP contribution in [0.2, 0.25) is 0 Å². The summed E-state index contributed by atoms with van der Waals surface area (Å²) < 4.78 is 22.9. The third-order valence-corrected chi connectivity index (χ3v) is 6.96. The topological polar surface area (TPSA) is 34.1 Å². The summed E-state index contributed by atoms with van der Waals surface area (Å²) in [4.78, 5) is 1.64. The van der Waals surface area contributed by atoms with Gasteiger partial charge in [-0.05, 0) is 25.7 Å². The Kier molecular flexibility index (Phi) is 22.9. The molecular formula is C24H46O2S2. The molecule has 0 amide bonds. The van der Waals surface area contributed by atoms with Crippen LogP contribution in [-0.2, 0) is 22.5 Å². The minimum Gasteiger partial charge on any atom is -0.212 e. The van der Waals surface area contributed by atoms with Crippen molar-refractivity contribution in [3.8, 4) is 0 Å². The fraction of sp³-hybridized carbons (Fsp3) is 0.917. The highest BCUT2D eigenvalue weighted by Gasteiger charge is 2.08.